The third-order valence-corrected chi connectivity index (χ3v) is 7.88. The Kier molecular flexibility index (Phi) is 10.6. The first-order valence-electron chi connectivity index (χ1n) is 13.8. The van der Waals surface area contributed by atoms with E-state index < -0.39 is 29.9 Å². The molecular formula is C30H35N5O5S. The fourth-order valence-electron chi connectivity index (χ4n) is 4.54. The number of aromatic nitrogens is 1. The first kappa shape index (κ1) is 29.9. The van der Waals surface area contributed by atoms with Crippen molar-refractivity contribution in [2.45, 2.75) is 63.8 Å². The Balaban J connectivity index is 1.55. The molecule has 0 saturated carbocycles. The average molecular weight is 578 g/mol. The molecule has 1 aromatic heterocycles. The highest BCUT2D eigenvalue weighted by atomic mass is 32.1. The predicted molar refractivity (Wildman–Crippen MR) is 155 cm³/mol. The van der Waals surface area contributed by atoms with Crippen LogP contribution in [0.3, 0.4) is 0 Å². The molecule has 4 rings (SSSR count). The molecule has 10 nitrogen and oxygen atoms in total. The van der Waals surface area contributed by atoms with Crippen molar-refractivity contribution in [1.82, 2.24) is 26.3 Å². The number of hydrogen-bond acceptors (Lipinski definition) is 7. The highest BCUT2D eigenvalue weighted by molar-refractivity contribution is 7.09. The van der Waals surface area contributed by atoms with Crippen LogP contribution in [0.15, 0.2) is 60.0 Å². The first-order chi connectivity index (χ1) is 19.9. The number of fused-ring (bicyclic) bond motifs is 2. The Morgan fingerprint density at radius 2 is 1.71 bits per heavy atom. The topological polar surface area (TPSA) is 150 Å². The van der Waals surface area contributed by atoms with E-state index in [1.54, 1.807) is 36.6 Å². The second-order valence-electron chi connectivity index (χ2n) is 9.92. The van der Waals surface area contributed by atoms with Gasteiger partial charge < -0.3 is 26.4 Å². The third-order valence-electron chi connectivity index (χ3n) is 6.92. The van der Waals surface area contributed by atoms with Crippen molar-refractivity contribution in [3.05, 3.63) is 87.4 Å². The smallest absolute Gasteiger partial charge is 0.270 e. The Bertz CT molecular complexity index is 1340. The monoisotopic (exact) mass is 577 g/mol. The minimum absolute atomic E-state index is 0.139. The lowest BCUT2D eigenvalue weighted by Gasteiger charge is -2.25. The molecule has 0 spiro atoms. The molecule has 0 aliphatic carbocycles. The highest BCUT2D eigenvalue weighted by Gasteiger charge is 2.29. The molecule has 216 valence electrons. The normalized spacial score (nSPS) is 20.4. The van der Waals surface area contributed by atoms with E-state index in [1.165, 1.54) is 11.3 Å². The van der Waals surface area contributed by atoms with Gasteiger partial charge in [0.15, 0.2) is 0 Å². The lowest BCUT2D eigenvalue weighted by molar-refractivity contribution is -0.130. The van der Waals surface area contributed by atoms with Gasteiger partial charge in [-0.3, -0.25) is 19.2 Å². The van der Waals surface area contributed by atoms with Gasteiger partial charge >= 0.3 is 0 Å². The van der Waals surface area contributed by atoms with E-state index in [4.69, 9.17) is 0 Å². The molecule has 2 bridgehead atoms. The lowest BCUT2D eigenvalue weighted by Crippen LogP contribution is -2.54. The van der Waals surface area contributed by atoms with Gasteiger partial charge in [0.1, 0.15) is 22.8 Å². The van der Waals surface area contributed by atoms with Crippen molar-refractivity contribution in [2.24, 2.45) is 0 Å². The Labute approximate surface area is 243 Å². The number of nitrogens with zero attached hydrogens (tertiary/aromatic N) is 1. The summed E-state index contributed by atoms with van der Waals surface area (Å²) in [6.07, 6.45) is 2.25. The van der Waals surface area contributed by atoms with Crippen LogP contribution in [0.2, 0.25) is 0 Å². The first-order valence-corrected chi connectivity index (χ1v) is 14.6. The third kappa shape index (κ3) is 8.21. The second kappa shape index (κ2) is 14.5. The maximum absolute atomic E-state index is 13.4. The number of aliphatic hydroxyl groups is 1. The van der Waals surface area contributed by atoms with Crippen LogP contribution in [0.25, 0.3) is 0 Å². The van der Waals surface area contributed by atoms with E-state index >= 15 is 0 Å². The van der Waals surface area contributed by atoms with Crippen LogP contribution in [0.1, 0.15) is 75.6 Å². The number of benzene rings is 2. The zero-order valence-electron chi connectivity index (χ0n) is 22.9. The van der Waals surface area contributed by atoms with Gasteiger partial charge in [-0.2, -0.15) is 0 Å². The summed E-state index contributed by atoms with van der Waals surface area (Å²) in [4.78, 5) is 57.1. The van der Waals surface area contributed by atoms with Gasteiger partial charge in [0.25, 0.3) is 11.8 Å². The molecule has 4 amide bonds. The van der Waals surface area contributed by atoms with Gasteiger partial charge in [-0.25, -0.2) is 4.98 Å². The molecule has 0 saturated heterocycles. The van der Waals surface area contributed by atoms with E-state index in [0.717, 1.165) is 5.56 Å². The molecule has 2 heterocycles. The molecule has 41 heavy (non-hydrogen) atoms. The van der Waals surface area contributed by atoms with Crippen LogP contribution in [0.5, 0.6) is 0 Å². The summed E-state index contributed by atoms with van der Waals surface area (Å²) in [5.41, 5.74) is 2.30. The van der Waals surface area contributed by atoms with E-state index in [1.807, 2.05) is 30.3 Å². The summed E-state index contributed by atoms with van der Waals surface area (Å²) in [7, 11) is 0. The van der Waals surface area contributed by atoms with Gasteiger partial charge in [0, 0.05) is 17.5 Å². The average Bonchev–Trinajstić information content (AvgIpc) is 3.49. The Hall–Kier alpha value is -4.09. The van der Waals surface area contributed by atoms with Crippen LogP contribution in [-0.2, 0) is 22.6 Å². The number of amides is 4. The van der Waals surface area contributed by atoms with Crippen LogP contribution in [-0.4, -0.2) is 52.3 Å². The van der Waals surface area contributed by atoms with Gasteiger partial charge in [0.05, 0.1) is 12.6 Å². The number of nitrogens with one attached hydrogen (secondary N) is 4. The fraction of sp³-hybridized carbons (Fsp3) is 0.367. The van der Waals surface area contributed by atoms with Crippen LogP contribution in [0.4, 0.5) is 0 Å². The van der Waals surface area contributed by atoms with Gasteiger partial charge in [-0.05, 0) is 55.4 Å². The molecule has 0 fully saturated rings. The molecule has 3 atom stereocenters. The standard InChI is InChI=1S/C30H35N5O5S/c1-2-22-28(39)34-24(16-19-8-4-3-5-9-19)30-35-25(18-41-30)27(38)31-15-7-6-10-23(29(40)32-22)33-26(37)21-13-11-20(17-36)12-14-21/h3-5,8-9,11-14,18,22-24,36H,2,6-7,10,15-17H2,1H3,(H,31,38)(H,32,40)(H,33,37)(H,34,39)/t22-,23+,24+/m1/s1. The maximum atomic E-state index is 13.4. The number of carbonyl (C=O) groups excluding carboxylic acids is 4. The molecule has 2 aromatic carbocycles. The van der Waals surface area contributed by atoms with Crippen molar-refractivity contribution >= 4 is 35.0 Å². The van der Waals surface area contributed by atoms with Crippen molar-refractivity contribution < 1.29 is 24.3 Å². The molecule has 1 aliphatic heterocycles. The van der Waals surface area contributed by atoms with Gasteiger partial charge in [-0.1, -0.05) is 49.4 Å². The molecule has 11 heteroatoms. The van der Waals surface area contributed by atoms with Crippen molar-refractivity contribution in [2.75, 3.05) is 6.54 Å². The second-order valence-corrected chi connectivity index (χ2v) is 10.8. The van der Waals surface area contributed by atoms with Crippen LogP contribution >= 0.6 is 11.3 Å². The van der Waals surface area contributed by atoms with E-state index in [2.05, 4.69) is 26.3 Å². The van der Waals surface area contributed by atoms with E-state index in [9.17, 15) is 24.3 Å². The summed E-state index contributed by atoms with van der Waals surface area (Å²) in [6.45, 7) is 2.05. The van der Waals surface area contributed by atoms with Crippen molar-refractivity contribution in [3.63, 3.8) is 0 Å². The Morgan fingerprint density at radius 1 is 0.976 bits per heavy atom. The Morgan fingerprint density at radius 3 is 2.41 bits per heavy atom. The number of carbonyl (C=O) groups is 4. The molecule has 3 aromatic rings. The number of rotatable bonds is 6. The SMILES string of the molecule is CC[C@H]1NC(=O)[C@@H](NC(=O)c2ccc(CO)cc2)CCCCNC(=O)c2csc(n2)[C@H](Cc2ccccc2)NC1=O. The summed E-state index contributed by atoms with van der Waals surface area (Å²) in [5, 5.41) is 23.1. The summed E-state index contributed by atoms with van der Waals surface area (Å²) < 4.78 is 0. The minimum atomic E-state index is -0.885. The summed E-state index contributed by atoms with van der Waals surface area (Å²) >= 11 is 1.30. The number of hydrogen-bond donors (Lipinski definition) is 5. The number of aliphatic hydroxyl groups excluding tert-OH is 1. The number of thiazole rings is 1. The zero-order valence-corrected chi connectivity index (χ0v) is 23.7. The zero-order chi connectivity index (χ0) is 29.2. The molecule has 1 aliphatic rings. The highest BCUT2D eigenvalue weighted by Crippen LogP contribution is 2.23. The van der Waals surface area contributed by atoms with Crippen molar-refractivity contribution in [3.8, 4) is 0 Å². The van der Waals surface area contributed by atoms with Crippen LogP contribution in [0, 0.1) is 0 Å². The maximum Gasteiger partial charge on any atom is 0.270 e. The summed E-state index contributed by atoms with van der Waals surface area (Å²) in [5.74, 6) is -1.57. The molecular weight excluding hydrogens is 542 g/mol. The predicted octanol–water partition coefficient (Wildman–Crippen LogP) is 2.64. The quantitative estimate of drug-likeness (QED) is 0.304. The van der Waals surface area contributed by atoms with Crippen molar-refractivity contribution in [1.29, 1.82) is 0 Å². The van der Waals surface area contributed by atoms with E-state index in [0.29, 0.717) is 60.5 Å². The summed E-state index contributed by atoms with van der Waals surface area (Å²) in [6, 6.07) is 13.9. The van der Waals surface area contributed by atoms with Gasteiger partial charge in [-0.15, -0.1) is 11.3 Å². The lowest BCUT2D eigenvalue weighted by atomic mass is 10.0. The molecule has 5 N–H and O–H groups in total. The van der Waals surface area contributed by atoms with Crippen LogP contribution < -0.4 is 21.3 Å². The molecule has 0 radical (unpaired) electrons. The largest absolute Gasteiger partial charge is 0.392 e. The van der Waals surface area contributed by atoms with Gasteiger partial charge in [0.2, 0.25) is 11.8 Å². The molecule has 0 unspecified atom stereocenters. The van der Waals surface area contributed by atoms with E-state index in [-0.39, 0.29) is 18.4 Å². The fourth-order valence-corrected chi connectivity index (χ4v) is 5.39. The minimum Gasteiger partial charge on any atom is -0.392 e.